The Bertz CT molecular complexity index is 630. The Hall–Kier alpha value is -2.64. The molecule has 0 aliphatic heterocycles. The molecule has 22 heavy (non-hydrogen) atoms. The zero-order valence-corrected chi connectivity index (χ0v) is 13.1. The van der Waals surface area contributed by atoms with Gasteiger partial charge in [0, 0.05) is 7.05 Å². The number of carbonyl (C=O) groups is 1. The van der Waals surface area contributed by atoms with Crippen molar-refractivity contribution in [3.05, 3.63) is 30.2 Å². The summed E-state index contributed by atoms with van der Waals surface area (Å²) >= 11 is 0. The lowest BCUT2D eigenvalue weighted by Crippen LogP contribution is -2.27. The van der Waals surface area contributed by atoms with Crippen molar-refractivity contribution in [3.63, 3.8) is 0 Å². The number of hydrogen-bond donors (Lipinski definition) is 2. The van der Waals surface area contributed by atoms with Gasteiger partial charge in [0.15, 0.2) is 0 Å². The van der Waals surface area contributed by atoms with Crippen LogP contribution in [0.5, 0.6) is 0 Å². The van der Waals surface area contributed by atoms with Gasteiger partial charge in [0.05, 0.1) is 30.3 Å². The molecule has 0 aromatic carbocycles. The Balaban J connectivity index is 1.87. The third-order valence-corrected chi connectivity index (χ3v) is 2.67. The number of aryl methyl sites for hydroxylation is 1. The number of amides is 1. The predicted octanol–water partition coefficient (Wildman–Crippen LogP) is 2.17. The Labute approximate surface area is 128 Å². The van der Waals surface area contributed by atoms with E-state index in [1.165, 1.54) is 0 Å². The third-order valence-electron chi connectivity index (χ3n) is 2.67. The van der Waals surface area contributed by atoms with Crippen molar-refractivity contribution in [2.24, 2.45) is 7.05 Å². The number of anilines is 2. The van der Waals surface area contributed by atoms with E-state index in [9.17, 15) is 4.79 Å². The smallest absolute Gasteiger partial charge is 0.413 e. The second-order valence-corrected chi connectivity index (χ2v) is 5.76. The van der Waals surface area contributed by atoms with E-state index in [0.717, 1.165) is 11.4 Å². The number of carbonyl (C=O) groups excluding carboxylic acids is 1. The molecule has 2 aromatic rings. The molecule has 8 nitrogen and oxygen atoms in total. The molecule has 0 aliphatic carbocycles. The van der Waals surface area contributed by atoms with Gasteiger partial charge in [0.1, 0.15) is 11.4 Å². The van der Waals surface area contributed by atoms with Gasteiger partial charge in [-0.1, -0.05) is 5.21 Å². The van der Waals surface area contributed by atoms with E-state index in [-0.39, 0.29) is 0 Å². The zero-order chi connectivity index (χ0) is 16.2. The number of ether oxygens (including phenoxy) is 1. The Morgan fingerprint density at radius 3 is 2.64 bits per heavy atom. The summed E-state index contributed by atoms with van der Waals surface area (Å²) < 4.78 is 6.85. The van der Waals surface area contributed by atoms with Crippen LogP contribution >= 0.6 is 0 Å². The summed E-state index contributed by atoms with van der Waals surface area (Å²) in [5.41, 5.74) is 1.25. The lowest BCUT2D eigenvalue weighted by Gasteiger charge is -2.19. The molecule has 0 bridgehead atoms. The first-order chi connectivity index (χ1) is 10.3. The number of hydrogen-bond acceptors (Lipinski definition) is 6. The van der Waals surface area contributed by atoms with Crippen LogP contribution in [-0.4, -0.2) is 31.7 Å². The molecule has 0 atom stereocenters. The van der Waals surface area contributed by atoms with E-state index in [4.69, 9.17) is 4.74 Å². The monoisotopic (exact) mass is 304 g/mol. The normalized spacial score (nSPS) is 11.1. The highest BCUT2D eigenvalue weighted by Crippen LogP contribution is 2.13. The maximum atomic E-state index is 11.6. The molecule has 0 saturated carbocycles. The molecule has 1 amide bonds. The number of rotatable bonds is 4. The van der Waals surface area contributed by atoms with Gasteiger partial charge < -0.3 is 10.1 Å². The van der Waals surface area contributed by atoms with Crippen LogP contribution in [0, 0.1) is 0 Å². The fourth-order valence-electron chi connectivity index (χ4n) is 1.64. The molecule has 0 saturated heterocycles. The van der Waals surface area contributed by atoms with E-state index < -0.39 is 11.7 Å². The van der Waals surface area contributed by atoms with Crippen LogP contribution in [0.4, 0.5) is 16.3 Å². The van der Waals surface area contributed by atoms with Crippen molar-refractivity contribution in [1.29, 1.82) is 0 Å². The van der Waals surface area contributed by atoms with Crippen molar-refractivity contribution < 1.29 is 9.53 Å². The van der Waals surface area contributed by atoms with E-state index >= 15 is 0 Å². The van der Waals surface area contributed by atoms with Crippen LogP contribution in [0.15, 0.2) is 24.5 Å². The fourth-order valence-corrected chi connectivity index (χ4v) is 1.64. The summed E-state index contributed by atoms with van der Waals surface area (Å²) in [4.78, 5) is 15.8. The van der Waals surface area contributed by atoms with Gasteiger partial charge in [-0.2, -0.15) is 0 Å². The fraction of sp³-hybridized carbons (Fsp3) is 0.429. The minimum absolute atomic E-state index is 0.432. The summed E-state index contributed by atoms with van der Waals surface area (Å²) in [6, 6.07) is 3.53. The minimum Gasteiger partial charge on any atom is -0.444 e. The second kappa shape index (κ2) is 6.42. The van der Waals surface area contributed by atoms with Gasteiger partial charge in [0.25, 0.3) is 0 Å². The van der Waals surface area contributed by atoms with Gasteiger partial charge in [-0.05, 0) is 32.9 Å². The first-order valence-corrected chi connectivity index (χ1v) is 6.87. The van der Waals surface area contributed by atoms with Crippen LogP contribution in [0.3, 0.4) is 0 Å². The average molecular weight is 304 g/mol. The molecule has 2 rings (SSSR count). The van der Waals surface area contributed by atoms with E-state index in [1.807, 2.05) is 13.1 Å². The maximum absolute atomic E-state index is 11.6. The van der Waals surface area contributed by atoms with E-state index in [0.29, 0.717) is 12.4 Å². The van der Waals surface area contributed by atoms with Crippen LogP contribution in [0.1, 0.15) is 26.5 Å². The predicted molar refractivity (Wildman–Crippen MR) is 82.4 cm³/mol. The Morgan fingerprint density at radius 2 is 2.09 bits per heavy atom. The van der Waals surface area contributed by atoms with Crippen LogP contribution in [0.2, 0.25) is 0 Å². The van der Waals surface area contributed by atoms with Crippen molar-refractivity contribution in [2.45, 2.75) is 32.9 Å². The van der Waals surface area contributed by atoms with Crippen molar-refractivity contribution in [1.82, 2.24) is 20.0 Å². The maximum Gasteiger partial charge on any atom is 0.413 e. The first-order valence-electron chi connectivity index (χ1n) is 6.87. The molecule has 0 unspecified atom stereocenters. The summed E-state index contributed by atoms with van der Waals surface area (Å²) in [6.07, 6.45) is 2.80. The number of pyridine rings is 1. The number of nitrogens with one attached hydrogen (secondary N) is 2. The van der Waals surface area contributed by atoms with Crippen molar-refractivity contribution in [2.75, 3.05) is 10.6 Å². The highest BCUT2D eigenvalue weighted by Gasteiger charge is 2.16. The van der Waals surface area contributed by atoms with Gasteiger partial charge >= 0.3 is 6.09 Å². The second-order valence-electron chi connectivity index (χ2n) is 5.76. The van der Waals surface area contributed by atoms with Crippen LogP contribution < -0.4 is 10.6 Å². The van der Waals surface area contributed by atoms with Crippen LogP contribution in [-0.2, 0) is 18.3 Å². The molecular formula is C14H20N6O2. The molecule has 118 valence electrons. The number of nitrogens with zero attached hydrogens (tertiary/aromatic N) is 4. The van der Waals surface area contributed by atoms with Gasteiger partial charge in [-0.3, -0.25) is 10.00 Å². The van der Waals surface area contributed by atoms with Gasteiger partial charge in [-0.25, -0.2) is 9.78 Å². The van der Waals surface area contributed by atoms with Crippen molar-refractivity contribution in [3.8, 4) is 0 Å². The quantitative estimate of drug-likeness (QED) is 0.899. The molecular weight excluding hydrogens is 284 g/mol. The third kappa shape index (κ3) is 4.72. The molecule has 0 radical (unpaired) electrons. The molecule has 0 aliphatic rings. The summed E-state index contributed by atoms with van der Waals surface area (Å²) in [5, 5.41) is 13.4. The molecule has 8 heteroatoms. The molecule has 2 heterocycles. The standard InChI is InChI=1S/C14H20N6O2/c1-14(2,3)22-13(21)18-12-6-5-10(7-16-12)15-8-11-9-17-19-20(11)4/h5-7,9,15H,8H2,1-4H3,(H,16,18,21). The highest BCUT2D eigenvalue weighted by atomic mass is 16.6. The summed E-state index contributed by atoms with van der Waals surface area (Å²) in [6.45, 7) is 6.00. The first kappa shape index (κ1) is 15.7. The Kier molecular flexibility index (Phi) is 4.59. The SMILES string of the molecule is Cn1nncc1CNc1ccc(NC(=O)OC(C)(C)C)nc1. The zero-order valence-electron chi connectivity index (χ0n) is 13.1. The number of aromatic nitrogens is 4. The van der Waals surface area contributed by atoms with Crippen LogP contribution in [0.25, 0.3) is 0 Å². The van der Waals surface area contributed by atoms with Crippen molar-refractivity contribution >= 4 is 17.6 Å². The molecule has 0 spiro atoms. The summed E-state index contributed by atoms with van der Waals surface area (Å²) in [5.74, 6) is 0.432. The largest absolute Gasteiger partial charge is 0.444 e. The Morgan fingerprint density at radius 1 is 1.32 bits per heavy atom. The molecule has 2 N–H and O–H groups in total. The topological polar surface area (TPSA) is 94.0 Å². The molecule has 0 fully saturated rings. The van der Waals surface area contributed by atoms with Gasteiger partial charge in [0.2, 0.25) is 0 Å². The minimum atomic E-state index is -0.539. The van der Waals surface area contributed by atoms with E-state index in [2.05, 4.69) is 25.9 Å². The average Bonchev–Trinajstić information content (AvgIpc) is 2.81. The highest BCUT2D eigenvalue weighted by molar-refractivity contribution is 5.83. The van der Waals surface area contributed by atoms with E-state index in [1.54, 1.807) is 43.9 Å². The molecule has 2 aromatic heterocycles. The van der Waals surface area contributed by atoms with Gasteiger partial charge in [-0.15, -0.1) is 5.10 Å². The lowest BCUT2D eigenvalue weighted by molar-refractivity contribution is 0.0635. The summed E-state index contributed by atoms with van der Waals surface area (Å²) in [7, 11) is 1.83. The lowest BCUT2D eigenvalue weighted by atomic mass is 10.2.